The first kappa shape index (κ1) is 18.7. The summed E-state index contributed by atoms with van der Waals surface area (Å²) in [5, 5.41) is 9.03. The first-order valence-corrected chi connectivity index (χ1v) is 9.57. The lowest BCUT2D eigenvalue weighted by molar-refractivity contribution is 0.539. The summed E-state index contributed by atoms with van der Waals surface area (Å²) in [6.07, 6.45) is 0.728. The number of nitriles is 1. The van der Waals surface area contributed by atoms with Gasteiger partial charge in [-0.15, -0.1) is 4.72 Å². The van der Waals surface area contributed by atoms with Gasteiger partial charge >= 0.3 is 0 Å². The molecule has 0 aromatic heterocycles. The van der Waals surface area contributed by atoms with Gasteiger partial charge in [-0.3, -0.25) is 0 Å². The van der Waals surface area contributed by atoms with E-state index in [1.54, 1.807) is 24.3 Å². The maximum Gasteiger partial charge on any atom is 0.146 e. The molecule has 136 valence electrons. The van der Waals surface area contributed by atoms with Crippen molar-refractivity contribution in [1.29, 1.82) is 5.26 Å². The van der Waals surface area contributed by atoms with Crippen LogP contribution in [0.5, 0.6) is 0 Å². The van der Waals surface area contributed by atoms with Gasteiger partial charge in [-0.1, -0.05) is 18.2 Å². The summed E-state index contributed by atoms with van der Waals surface area (Å²) in [5.74, 6) is -0.452. The van der Waals surface area contributed by atoms with Crippen molar-refractivity contribution in [2.75, 3.05) is 5.73 Å². The Morgan fingerprint density at radius 2 is 1.85 bits per heavy atom. The van der Waals surface area contributed by atoms with E-state index < -0.39 is 22.6 Å². The van der Waals surface area contributed by atoms with E-state index in [1.807, 2.05) is 32.9 Å². The molecular weight excluding hydrogens is 349 g/mol. The molecule has 1 aliphatic rings. The Kier molecular flexibility index (Phi) is 4.74. The van der Waals surface area contributed by atoms with E-state index in [1.165, 1.54) is 6.07 Å². The molecule has 2 aromatic carbocycles. The van der Waals surface area contributed by atoms with Crippen molar-refractivity contribution in [3.63, 3.8) is 0 Å². The number of hydrogen-bond acceptors (Lipinski definition) is 4. The Hall–Kier alpha value is -2.07. The SMILES string of the molecule is CC(C)(C)[S@@+]([O-])N[C@@H]1C[C@@]1(c1ccc(C#N)cc1)c1ccc(F)c(N)c1. The number of halogens is 1. The highest BCUT2D eigenvalue weighted by atomic mass is 32.2. The lowest BCUT2D eigenvalue weighted by Crippen LogP contribution is -2.42. The molecule has 1 aliphatic carbocycles. The topological polar surface area (TPSA) is 84.9 Å². The molecule has 0 spiro atoms. The van der Waals surface area contributed by atoms with E-state index in [0.717, 1.165) is 17.5 Å². The minimum absolute atomic E-state index is 0.0552. The van der Waals surface area contributed by atoms with Gasteiger partial charge in [0.25, 0.3) is 0 Å². The lowest BCUT2D eigenvalue weighted by atomic mass is 9.86. The summed E-state index contributed by atoms with van der Waals surface area (Å²) < 4.78 is 29.0. The molecular formula is C20H22FN3OS. The van der Waals surface area contributed by atoms with Crippen molar-refractivity contribution in [3.05, 3.63) is 65.0 Å². The highest BCUT2D eigenvalue weighted by Gasteiger charge is 2.59. The molecule has 0 radical (unpaired) electrons. The molecule has 0 heterocycles. The zero-order valence-corrected chi connectivity index (χ0v) is 15.9. The van der Waals surface area contributed by atoms with Crippen LogP contribution in [0.2, 0.25) is 0 Å². The highest BCUT2D eigenvalue weighted by molar-refractivity contribution is 7.90. The quantitative estimate of drug-likeness (QED) is 0.637. The zero-order chi connectivity index (χ0) is 19.1. The molecule has 26 heavy (non-hydrogen) atoms. The van der Waals surface area contributed by atoms with E-state index in [9.17, 15) is 8.94 Å². The van der Waals surface area contributed by atoms with Crippen molar-refractivity contribution in [3.8, 4) is 6.07 Å². The van der Waals surface area contributed by atoms with Crippen LogP contribution in [0.4, 0.5) is 10.1 Å². The van der Waals surface area contributed by atoms with Gasteiger partial charge in [0, 0.05) is 16.8 Å². The molecule has 3 atom stereocenters. The molecule has 3 rings (SSSR count). The van der Waals surface area contributed by atoms with Crippen LogP contribution >= 0.6 is 0 Å². The minimum Gasteiger partial charge on any atom is -0.598 e. The number of hydrogen-bond donors (Lipinski definition) is 2. The lowest BCUT2D eigenvalue weighted by Gasteiger charge is -2.26. The fourth-order valence-corrected chi connectivity index (χ4v) is 4.08. The second kappa shape index (κ2) is 6.58. The zero-order valence-electron chi connectivity index (χ0n) is 15.0. The van der Waals surface area contributed by atoms with Gasteiger partial charge in [-0.25, -0.2) is 4.39 Å². The molecule has 2 aromatic rings. The molecule has 3 N–H and O–H groups in total. The third-order valence-electron chi connectivity index (χ3n) is 4.81. The average molecular weight is 371 g/mol. The summed E-state index contributed by atoms with van der Waals surface area (Å²) in [6, 6.07) is 14.1. The first-order valence-electron chi connectivity index (χ1n) is 8.42. The van der Waals surface area contributed by atoms with Crippen LogP contribution in [-0.2, 0) is 16.8 Å². The fraction of sp³-hybridized carbons (Fsp3) is 0.350. The van der Waals surface area contributed by atoms with Crippen LogP contribution in [0, 0.1) is 17.1 Å². The van der Waals surface area contributed by atoms with Gasteiger partial charge < -0.3 is 10.3 Å². The Labute approximate surface area is 156 Å². The van der Waals surface area contributed by atoms with E-state index in [4.69, 9.17) is 11.0 Å². The van der Waals surface area contributed by atoms with Gasteiger partial charge in [-0.05, 0) is 62.6 Å². The number of nitrogens with two attached hydrogens (primary N) is 1. The van der Waals surface area contributed by atoms with Crippen LogP contribution in [0.25, 0.3) is 0 Å². The van der Waals surface area contributed by atoms with Crippen molar-refractivity contribution in [1.82, 2.24) is 4.72 Å². The Bertz CT molecular complexity index is 857. The largest absolute Gasteiger partial charge is 0.598 e. The first-order chi connectivity index (χ1) is 12.2. The molecule has 0 aliphatic heterocycles. The maximum absolute atomic E-state index is 13.6. The Balaban J connectivity index is 2.00. The summed E-state index contributed by atoms with van der Waals surface area (Å²) in [6.45, 7) is 5.74. The standard InChI is InChI=1S/C20H22FN3OS/c1-19(2,3)26(25)24-18-11-20(18,14-6-4-13(12-22)5-7-14)15-8-9-16(21)17(23)10-15/h4-10,18,24H,11,23H2,1-3H3/t18-,20-,26-/m1/s1. The average Bonchev–Trinajstić information content (AvgIpc) is 3.31. The number of nitrogens with one attached hydrogen (secondary N) is 1. The van der Waals surface area contributed by atoms with Gasteiger partial charge in [0.2, 0.25) is 0 Å². The van der Waals surface area contributed by atoms with Crippen LogP contribution in [0.15, 0.2) is 42.5 Å². The van der Waals surface area contributed by atoms with Crippen LogP contribution in [0.3, 0.4) is 0 Å². The summed E-state index contributed by atoms with van der Waals surface area (Å²) in [7, 11) is 0. The number of anilines is 1. The van der Waals surface area contributed by atoms with Gasteiger partial charge in [0.1, 0.15) is 10.6 Å². The van der Waals surface area contributed by atoms with Crippen molar-refractivity contribution in [2.45, 2.75) is 43.4 Å². The van der Waals surface area contributed by atoms with E-state index >= 15 is 0 Å². The normalized spacial score (nSPS) is 23.3. The molecule has 1 fully saturated rings. The minimum atomic E-state index is -1.22. The Morgan fingerprint density at radius 1 is 1.23 bits per heavy atom. The molecule has 6 heteroatoms. The second-order valence-corrected chi connectivity index (χ2v) is 9.65. The van der Waals surface area contributed by atoms with Gasteiger partial charge in [0.05, 0.1) is 23.4 Å². The molecule has 1 saturated carbocycles. The maximum atomic E-state index is 13.6. The van der Waals surface area contributed by atoms with Crippen LogP contribution < -0.4 is 10.5 Å². The van der Waals surface area contributed by atoms with Crippen molar-refractivity contribution < 1.29 is 8.94 Å². The molecule has 0 amide bonds. The third-order valence-corrected chi connectivity index (χ3v) is 6.42. The van der Waals surface area contributed by atoms with E-state index in [2.05, 4.69) is 10.8 Å². The third kappa shape index (κ3) is 3.30. The summed E-state index contributed by atoms with van der Waals surface area (Å²) in [5.41, 5.74) is 7.89. The fourth-order valence-electron chi connectivity index (χ4n) is 3.18. The number of rotatable bonds is 4. The monoisotopic (exact) mass is 371 g/mol. The second-order valence-electron chi connectivity index (χ2n) is 7.65. The number of nitrogen functional groups attached to an aromatic ring is 1. The predicted octanol–water partition coefficient (Wildman–Crippen LogP) is 3.39. The van der Waals surface area contributed by atoms with E-state index in [-0.39, 0.29) is 16.5 Å². The molecule has 0 bridgehead atoms. The molecule has 0 saturated heterocycles. The number of nitrogens with zero attached hydrogens (tertiary/aromatic N) is 1. The smallest absolute Gasteiger partial charge is 0.146 e. The number of benzene rings is 2. The van der Waals surface area contributed by atoms with Crippen molar-refractivity contribution in [2.24, 2.45) is 0 Å². The highest BCUT2D eigenvalue weighted by Crippen LogP contribution is 2.54. The summed E-state index contributed by atoms with van der Waals surface area (Å²) in [4.78, 5) is 0. The van der Waals surface area contributed by atoms with Crippen LogP contribution in [-0.4, -0.2) is 15.3 Å². The van der Waals surface area contributed by atoms with Gasteiger partial charge in [0.15, 0.2) is 0 Å². The van der Waals surface area contributed by atoms with Crippen molar-refractivity contribution >= 4 is 17.0 Å². The predicted molar refractivity (Wildman–Crippen MR) is 102 cm³/mol. The Morgan fingerprint density at radius 3 is 2.38 bits per heavy atom. The van der Waals surface area contributed by atoms with Gasteiger partial charge in [-0.2, -0.15) is 5.26 Å². The van der Waals surface area contributed by atoms with Crippen LogP contribution in [0.1, 0.15) is 43.9 Å². The molecule has 0 unspecified atom stereocenters. The summed E-state index contributed by atoms with van der Waals surface area (Å²) >= 11 is -1.22. The van der Waals surface area contributed by atoms with E-state index in [0.29, 0.717) is 5.56 Å². The molecule has 4 nitrogen and oxygen atoms in total.